The highest BCUT2D eigenvalue weighted by Crippen LogP contribution is 2.64. The quantitative estimate of drug-likeness (QED) is 0.178. The zero-order valence-corrected chi connectivity index (χ0v) is 31.0. The van der Waals surface area contributed by atoms with Crippen LogP contribution in [0.1, 0.15) is 95.0 Å². The zero-order chi connectivity index (χ0) is 37.0. The van der Waals surface area contributed by atoms with E-state index in [1.807, 2.05) is 54.6 Å². The number of hydrogen-bond donors (Lipinski definition) is 3. The molecule has 2 aromatic carbocycles. The molecule has 0 bridgehead atoms. The molecule has 5 fully saturated rings. The molecule has 3 N–H and O–H groups in total. The van der Waals surface area contributed by atoms with E-state index >= 15 is 0 Å². The van der Waals surface area contributed by atoms with E-state index in [0.717, 1.165) is 56.2 Å². The van der Waals surface area contributed by atoms with Gasteiger partial charge in [-0.15, -0.1) is 5.10 Å². The predicted molar refractivity (Wildman–Crippen MR) is 196 cm³/mol. The molecular formula is C42H54N4O7. The number of hydrogen-bond acceptors (Lipinski definition) is 9. The van der Waals surface area contributed by atoms with Gasteiger partial charge in [-0.05, 0) is 128 Å². The minimum Gasteiger partial charge on any atom is -0.497 e. The van der Waals surface area contributed by atoms with Gasteiger partial charge in [0.05, 0.1) is 37.7 Å². The van der Waals surface area contributed by atoms with Gasteiger partial charge in [-0.2, -0.15) is 0 Å². The highest BCUT2D eigenvalue weighted by atomic mass is 16.5. The molecule has 1 aromatic heterocycles. The summed E-state index contributed by atoms with van der Waals surface area (Å²) in [6.07, 6.45) is 7.55. The van der Waals surface area contributed by atoms with E-state index in [-0.39, 0.29) is 78.2 Å². The van der Waals surface area contributed by atoms with E-state index in [1.54, 1.807) is 22.9 Å². The third-order valence-corrected chi connectivity index (χ3v) is 14.4. The van der Waals surface area contributed by atoms with Gasteiger partial charge in [0.2, 0.25) is 0 Å². The van der Waals surface area contributed by atoms with Crippen molar-refractivity contribution in [3.63, 3.8) is 0 Å². The first-order valence-electron chi connectivity index (χ1n) is 19.7. The number of amides is 1. The second-order valence-corrected chi connectivity index (χ2v) is 17.0. The molecule has 3 aromatic rings. The summed E-state index contributed by atoms with van der Waals surface area (Å²) in [7, 11) is 1.61. The number of aliphatic hydroxyl groups is 3. The predicted octanol–water partition coefficient (Wildman–Crippen LogP) is 5.65. The van der Waals surface area contributed by atoms with E-state index in [1.165, 1.54) is 0 Å². The van der Waals surface area contributed by atoms with Crippen molar-refractivity contribution in [2.45, 2.75) is 109 Å². The molecule has 53 heavy (non-hydrogen) atoms. The number of β-lactam (4-membered cyclic amide) rings is 1. The Morgan fingerprint density at radius 3 is 2.47 bits per heavy atom. The molecule has 11 heteroatoms. The Morgan fingerprint density at radius 2 is 1.72 bits per heavy atom. The third-order valence-electron chi connectivity index (χ3n) is 14.4. The van der Waals surface area contributed by atoms with E-state index in [9.17, 15) is 24.9 Å². The molecule has 0 unspecified atom stereocenters. The van der Waals surface area contributed by atoms with Crippen molar-refractivity contribution in [2.75, 3.05) is 12.0 Å². The summed E-state index contributed by atoms with van der Waals surface area (Å²) in [4.78, 5) is 28.4. The Balaban J connectivity index is 0.864. The second kappa shape index (κ2) is 14.5. The van der Waals surface area contributed by atoms with Crippen LogP contribution in [0.15, 0.2) is 60.8 Å². The zero-order valence-electron chi connectivity index (χ0n) is 31.0. The first-order chi connectivity index (χ1) is 25.6. The lowest BCUT2D eigenvalue weighted by Gasteiger charge is -2.61. The SMILES string of the molecule is COc1ccc(N2C(=O)[C@H](n3cc(COC(=O)CC[C@@H](C)[C@H]4CC[C@@H]5[C@@H]4[C@@H](O)C[C@H]4[C@H]5[C@H](O)C[C@@H]5C[C@H](O)CC[C@@]54C)nn3)[C@@H]2c2ccccc2)cc1. The fourth-order valence-corrected chi connectivity index (χ4v) is 11.7. The summed E-state index contributed by atoms with van der Waals surface area (Å²) in [5.41, 5.74) is 2.27. The van der Waals surface area contributed by atoms with Gasteiger partial charge in [0, 0.05) is 12.1 Å². The fourth-order valence-electron chi connectivity index (χ4n) is 11.7. The number of fused-ring (bicyclic) bond motifs is 5. The van der Waals surface area contributed by atoms with Crippen molar-refractivity contribution in [3.05, 3.63) is 72.1 Å². The molecule has 5 aliphatic rings. The van der Waals surface area contributed by atoms with Crippen molar-refractivity contribution < 1.29 is 34.4 Å². The number of carbonyl (C=O) groups is 2. The summed E-state index contributed by atoms with van der Waals surface area (Å²) in [6.45, 7) is 4.51. The lowest BCUT2D eigenvalue weighted by molar-refractivity contribution is -0.181. The Labute approximate surface area is 311 Å². The standard InChI is InChI=1S/C42H54N4O7/c1-24(31-14-15-32-37(31)35(49)21-33-38(32)34(48)20-26-19-29(47)17-18-42(26,33)2)9-16-36(50)53-23-27-22-45(44-43-27)40-39(25-7-5-4-6-8-25)46(41(40)51)28-10-12-30(52-3)13-11-28/h4-8,10-13,22,24,26,29,31-35,37-40,47-49H,9,14-21,23H2,1-3H3/t24-,26+,29-,31-,32-,33+,34-,35+,37-,38+,39+,40-,42+/m1/s1. The lowest BCUT2D eigenvalue weighted by Crippen LogP contribution is -2.59. The molecule has 4 saturated carbocycles. The van der Waals surface area contributed by atoms with Gasteiger partial charge in [0.25, 0.3) is 5.91 Å². The van der Waals surface area contributed by atoms with Gasteiger partial charge >= 0.3 is 5.97 Å². The summed E-state index contributed by atoms with van der Waals surface area (Å²) in [5.74, 6) is 2.02. The lowest BCUT2D eigenvalue weighted by atomic mass is 9.45. The minimum atomic E-state index is -0.590. The van der Waals surface area contributed by atoms with Gasteiger partial charge in [-0.1, -0.05) is 49.4 Å². The normalized spacial score (nSPS) is 36.8. The molecule has 1 saturated heterocycles. The fraction of sp³-hybridized carbons (Fsp3) is 0.619. The number of nitrogens with zero attached hydrogens (tertiary/aromatic N) is 4. The van der Waals surface area contributed by atoms with Crippen molar-refractivity contribution in [1.29, 1.82) is 0 Å². The molecular weight excluding hydrogens is 672 g/mol. The van der Waals surface area contributed by atoms with Gasteiger partial charge in [0.15, 0.2) is 6.04 Å². The molecule has 0 radical (unpaired) electrons. The average molecular weight is 727 g/mol. The average Bonchev–Trinajstić information content (AvgIpc) is 3.82. The van der Waals surface area contributed by atoms with Crippen LogP contribution in [-0.4, -0.2) is 67.6 Å². The van der Waals surface area contributed by atoms with E-state index in [4.69, 9.17) is 9.47 Å². The number of methoxy groups -OCH3 is 1. The topological polar surface area (TPSA) is 147 Å². The van der Waals surface area contributed by atoms with Gasteiger partial charge in [-0.25, -0.2) is 4.68 Å². The molecule has 4 aliphatic carbocycles. The van der Waals surface area contributed by atoms with Crippen LogP contribution in [0.3, 0.4) is 0 Å². The molecule has 2 heterocycles. The molecule has 284 valence electrons. The molecule has 1 amide bonds. The summed E-state index contributed by atoms with van der Waals surface area (Å²) >= 11 is 0. The summed E-state index contributed by atoms with van der Waals surface area (Å²) in [5, 5.41) is 42.0. The van der Waals surface area contributed by atoms with Crippen molar-refractivity contribution in [2.24, 2.45) is 46.8 Å². The Kier molecular flexibility index (Phi) is 9.87. The van der Waals surface area contributed by atoms with E-state index in [2.05, 4.69) is 24.2 Å². The largest absolute Gasteiger partial charge is 0.497 e. The minimum absolute atomic E-state index is 0.0308. The molecule has 13 atom stereocenters. The molecule has 11 nitrogen and oxygen atoms in total. The van der Waals surface area contributed by atoms with Crippen LogP contribution in [0.25, 0.3) is 0 Å². The van der Waals surface area contributed by atoms with Crippen molar-refractivity contribution in [3.8, 4) is 5.75 Å². The smallest absolute Gasteiger partial charge is 0.306 e. The van der Waals surface area contributed by atoms with Crippen LogP contribution in [0.5, 0.6) is 5.75 Å². The summed E-state index contributed by atoms with van der Waals surface area (Å²) in [6, 6.07) is 16.4. The molecule has 8 rings (SSSR count). The third kappa shape index (κ3) is 6.46. The number of carbonyl (C=O) groups excluding carboxylic acids is 2. The maximum Gasteiger partial charge on any atom is 0.306 e. The first-order valence-corrected chi connectivity index (χ1v) is 19.7. The molecule has 0 spiro atoms. The Morgan fingerprint density at radius 1 is 0.962 bits per heavy atom. The number of ether oxygens (including phenoxy) is 2. The van der Waals surface area contributed by atoms with Crippen LogP contribution < -0.4 is 9.64 Å². The number of benzene rings is 2. The highest BCUT2D eigenvalue weighted by molar-refractivity contribution is 6.04. The number of aliphatic hydroxyl groups excluding tert-OH is 3. The maximum atomic E-state index is 13.6. The number of rotatable bonds is 10. The van der Waals surface area contributed by atoms with Crippen LogP contribution in [-0.2, 0) is 20.9 Å². The monoisotopic (exact) mass is 726 g/mol. The van der Waals surface area contributed by atoms with E-state index in [0.29, 0.717) is 29.7 Å². The number of aromatic nitrogens is 3. The van der Waals surface area contributed by atoms with E-state index < -0.39 is 12.1 Å². The Bertz CT molecular complexity index is 1770. The highest BCUT2D eigenvalue weighted by Gasteiger charge is 2.61. The van der Waals surface area contributed by atoms with Crippen LogP contribution in [0.2, 0.25) is 0 Å². The van der Waals surface area contributed by atoms with Crippen LogP contribution in [0, 0.1) is 46.8 Å². The van der Waals surface area contributed by atoms with Crippen LogP contribution >= 0.6 is 0 Å². The molecule has 1 aliphatic heterocycles. The van der Waals surface area contributed by atoms with Crippen molar-refractivity contribution in [1.82, 2.24) is 15.0 Å². The summed E-state index contributed by atoms with van der Waals surface area (Å²) < 4.78 is 12.5. The van der Waals surface area contributed by atoms with Crippen molar-refractivity contribution >= 4 is 17.6 Å². The van der Waals surface area contributed by atoms with Gasteiger partial charge in [0.1, 0.15) is 18.1 Å². The van der Waals surface area contributed by atoms with Crippen LogP contribution in [0.4, 0.5) is 5.69 Å². The second-order valence-electron chi connectivity index (χ2n) is 17.0. The maximum absolute atomic E-state index is 13.6. The van der Waals surface area contributed by atoms with Gasteiger partial charge in [-0.3, -0.25) is 9.59 Å². The Hall–Kier alpha value is -3.80. The van der Waals surface area contributed by atoms with Gasteiger partial charge < -0.3 is 29.7 Å². The number of anilines is 1. The number of esters is 1. The first kappa shape index (κ1) is 36.2.